The molecule has 0 aromatic carbocycles. The number of rotatable bonds is 6. The van der Waals surface area contributed by atoms with Crippen LogP contribution in [0.15, 0.2) is 0 Å². The predicted molar refractivity (Wildman–Crippen MR) is 72.1 cm³/mol. The lowest BCUT2D eigenvalue weighted by Gasteiger charge is -2.41. The average Bonchev–Trinajstić information content (AvgIpc) is 2.27. The van der Waals surface area contributed by atoms with Gasteiger partial charge in [-0.1, -0.05) is 13.8 Å². The monoisotopic (exact) mass is 262 g/mol. The quantitative estimate of drug-likeness (QED) is 0.772. The summed E-state index contributed by atoms with van der Waals surface area (Å²) in [4.78, 5) is 2.27. The molecule has 1 aliphatic heterocycles. The van der Waals surface area contributed by atoms with Crippen LogP contribution in [-0.4, -0.2) is 56.5 Å². The number of hydrogen-bond acceptors (Lipinski definition) is 4. The Labute approximate surface area is 106 Å². The third-order valence-electron chi connectivity index (χ3n) is 3.57. The fourth-order valence-corrected chi connectivity index (χ4v) is 3.62. The molecule has 1 N–H and O–H groups in total. The van der Waals surface area contributed by atoms with Crippen LogP contribution in [0.1, 0.15) is 33.6 Å². The van der Waals surface area contributed by atoms with E-state index in [2.05, 4.69) is 24.1 Å². The normalized spacial score (nSPS) is 27.2. The van der Waals surface area contributed by atoms with E-state index in [9.17, 15) is 8.42 Å². The van der Waals surface area contributed by atoms with Gasteiger partial charge in [0.15, 0.2) is 9.84 Å². The van der Waals surface area contributed by atoms with Crippen LogP contribution in [0.5, 0.6) is 0 Å². The Kier molecular flexibility index (Phi) is 5.41. The van der Waals surface area contributed by atoms with Crippen molar-refractivity contribution < 1.29 is 8.42 Å². The first-order valence-electron chi connectivity index (χ1n) is 6.58. The number of nitrogens with one attached hydrogen (secondary N) is 1. The van der Waals surface area contributed by atoms with Crippen LogP contribution in [0.2, 0.25) is 0 Å². The second kappa shape index (κ2) is 6.16. The average molecular weight is 262 g/mol. The van der Waals surface area contributed by atoms with Crippen LogP contribution in [0.25, 0.3) is 0 Å². The lowest BCUT2D eigenvalue weighted by molar-refractivity contribution is 0.146. The molecule has 5 heteroatoms. The zero-order chi connectivity index (χ0) is 12.9. The smallest absolute Gasteiger partial charge is 0.151 e. The second-order valence-electron chi connectivity index (χ2n) is 5.27. The van der Waals surface area contributed by atoms with Crippen LogP contribution in [-0.2, 0) is 9.84 Å². The molecule has 0 aromatic rings. The fraction of sp³-hybridized carbons (Fsp3) is 1.00. The Morgan fingerprint density at radius 1 is 1.29 bits per heavy atom. The minimum absolute atomic E-state index is 0.146. The van der Waals surface area contributed by atoms with Gasteiger partial charge >= 0.3 is 0 Å². The molecule has 1 fully saturated rings. The second-order valence-corrected chi connectivity index (χ2v) is 7.57. The highest BCUT2D eigenvalue weighted by Crippen LogP contribution is 2.14. The summed E-state index contributed by atoms with van der Waals surface area (Å²) in [5.41, 5.74) is 0.146. The van der Waals surface area contributed by atoms with Gasteiger partial charge in [0.25, 0.3) is 0 Å². The molecule has 4 nitrogen and oxygen atoms in total. The topological polar surface area (TPSA) is 49.4 Å². The van der Waals surface area contributed by atoms with Crippen molar-refractivity contribution in [2.45, 2.75) is 39.2 Å². The highest BCUT2D eigenvalue weighted by atomic mass is 32.2. The van der Waals surface area contributed by atoms with E-state index in [-0.39, 0.29) is 5.54 Å². The van der Waals surface area contributed by atoms with E-state index >= 15 is 0 Å². The van der Waals surface area contributed by atoms with Gasteiger partial charge in [-0.05, 0) is 19.8 Å². The van der Waals surface area contributed by atoms with Crippen LogP contribution < -0.4 is 5.32 Å². The molecule has 1 rings (SSSR count). The van der Waals surface area contributed by atoms with E-state index in [1.807, 2.05) is 6.92 Å². The maximum atomic E-state index is 11.7. The molecule has 1 aliphatic rings. The number of hydrogen-bond donors (Lipinski definition) is 1. The van der Waals surface area contributed by atoms with Crippen molar-refractivity contribution in [3.05, 3.63) is 0 Å². The van der Waals surface area contributed by atoms with Crippen LogP contribution in [0.4, 0.5) is 0 Å². The molecule has 0 radical (unpaired) electrons. The van der Waals surface area contributed by atoms with Gasteiger partial charge in [0.05, 0.1) is 5.75 Å². The molecular formula is C12H26N2O2S. The highest BCUT2D eigenvalue weighted by molar-refractivity contribution is 7.91. The predicted octanol–water partition coefficient (Wildman–Crippen LogP) is 0.885. The van der Waals surface area contributed by atoms with Crippen LogP contribution in [0.3, 0.4) is 0 Å². The lowest BCUT2D eigenvalue weighted by atomic mass is 9.96. The van der Waals surface area contributed by atoms with Crippen molar-refractivity contribution in [3.63, 3.8) is 0 Å². The van der Waals surface area contributed by atoms with Gasteiger partial charge in [0.1, 0.15) is 0 Å². The molecule has 1 heterocycles. The van der Waals surface area contributed by atoms with E-state index in [4.69, 9.17) is 0 Å². The maximum Gasteiger partial charge on any atom is 0.151 e. The first-order valence-corrected chi connectivity index (χ1v) is 8.41. The standard InChI is InChI=1S/C12H26N2O2S/c1-4-9-17(15,16)10-8-14-7-6-13-12(3,5-2)11-14/h13H,4-11H2,1-3H3. The van der Waals surface area contributed by atoms with Crippen molar-refractivity contribution in [3.8, 4) is 0 Å². The molecule has 1 saturated heterocycles. The molecule has 1 unspecified atom stereocenters. The Bertz CT molecular complexity index is 329. The molecule has 102 valence electrons. The van der Waals surface area contributed by atoms with Gasteiger partial charge in [0.2, 0.25) is 0 Å². The van der Waals surface area contributed by atoms with E-state index in [0.717, 1.165) is 32.5 Å². The minimum atomic E-state index is -2.84. The summed E-state index contributed by atoms with van der Waals surface area (Å²) < 4.78 is 23.3. The molecule has 0 aliphatic carbocycles. The molecule has 17 heavy (non-hydrogen) atoms. The Balaban J connectivity index is 2.42. The van der Waals surface area contributed by atoms with Gasteiger partial charge < -0.3 is 5.32 Å². The first-order chi connectivity index (χ1) is 7.91. The number of piperazine rings is 1. The number of sulfone groups is 1. The Morgan fingerprint density at radius 2 is 2.00 bits per heavy atom. The van der Waals surface area contributed by atoms with Crippen LogP contribution >= 0.6 is 0 Å². The fourth-order valence-electron chi connectivity index (χ4n) is 2.25. The molecule has 1 atom stereocenters. The van der Waals surface area contributed by atoms with Crippen molar-refractivity contribution in [2.24, 2.45) is 0 Å². The summed E-state index contributed by atoms with van der Waals surface area (Å²) >= 11 is 0. The molecular weight excluding hydrogens is 236 g/mol. The van der Waals surface area contributed by atoms with Gasteiger partial charge in [-0.3, -0.25) is 4.90 Å². The summed E-state index contributed by atoms with van der Waals surface area (Å²) in [5, 5.41) is 3.51. The van der Waals surface area contributed by atoms with E-state index in [0.29, 0.717) is 18.1 Å². The third-order valence-corrected chi connectivity index (χ3v) is 5.40. The van der Waals surface area contributed by atoms with Crippen molar-refractivity contribution in [1.29, 1.82) is 0 Å². The molecule has 0 aromatic heterocycles. The maximum absolute atomic E-state index is 11.7. The summed E-state index contributed by atoms with van der Waals surface area (Å²) in [6.45, 7) is 9.83. The minimum Gasteiger partial charge on any atom is -0.309 e. The first kappa shape index (κ1) is 14.9. The zero-order valence-electron chi connectivity index (χ0n) is 11.3. The molecule has 0 amide bonds. The van der Waals surface area contributed by atoms with Gasteiger partial charge in [-0.15, -0.1) is 0 Å². The number of nitrogens with zero attached hydrogens (tertiary/aromatic N) is 1. The Morgan fingerprint density at radius 3 is 2.59 bits per heavy atom. The van der Waals surface area contributed by atoms with Crippen molar-refractivity contribution >= 4 is 9.84 Å². The summed E-state index contributed by atoms with van der Waals surface area (Å²) in [6, 6.07) is 0. The van der Waals surface area contributed by atoms with Gasteiger partial charge in [-0.25, -0.2) is 8.42 Å². The summed E-state index contributed by atoms with van der Waals surface area (Å²) in [7, 11) is -2.84. The van der Waals surface area contributed by atoms with Crippen molar-refractivity contribution in [2.75, 3.05) is 37.7 Å². The van der Waals surface area contributed by atoms with Gasteiger partial charge in [-0.2, -0.15) is 0 Å². The molecule has 0 saturated carbocycles. The van der Waals surface area contributed by atoms with Crippen molar-refractivity contribution in [1.82, 2.24) is 10.2 Å². The summed E-state index contributed by atoms with van der Waals surface area (Å²) in [5.74, 6) is 0.630. The summed E-state index contributed by atoms with van der Waals surface area (Å²) in [6.07, 6.45) is 1.79. The zero-order valence-corrected chi connectivity index (χ0v) is 12.1. The molecule has 0 bridgehead atoms. The highest BCUT2D eigenvalue weighted by Gasteiger charge is 2.28. The third kappa shape index (κ3) is 4.94. The Hall–Kier alpha value is -0.130. The largest absolute Gasteiger partial charge is 0.309 e. The van der Waals surface area contributed by atoms with E-state index in [1.165, 1.54) is 0 Å². The lowest BCUT2D eigenvalue weighted by Crippen LogP contribution is -2.58. The van der Waals surface area contributed by atoms with Gasteiger partial charge in [0, 0.05) is 37.5 Å². The van der Waals surface area contributed by atoms with E-state index in [1.54, 1.807) is 0 Å². The van der Waals surface area contributed by atoms with E-state index < -0.39 is 9.84 Å². The van der Waals surface area contributed by atoms with Crippen LogP contribution in [0, 0.1) is 0 Å². The SMILES string of the molecule is CCCS(=O)(=O)CCN1CCNC(C)(CC)C1. The molecule has 0 spiro atoms.